The van der Waals surface area contributed by atoms with Crippen molar-refractivity contribution in [1.29, 1.82) is 0 Å². The van der Waals surface area contributed by atoms with Crippen LogP contribution >= 0.6 is 0 Å². The Hall–Kier alpha value is -2.69. The predicted octanol–water partition coefficient (Wildman–Crippen LogP) is 4.94. The summed E-state index contributed by atoms with van der Waals surface area (Å²) in [5, 5.41) is 5.56. The standard InChI is InChI=1S/C21H25FN2O2/c1-14(2)16-4-8-18(9-5-16)23-20(25)12-15(3)13-21(26)24-19-10-6-17(22)7-11-19/h4-11,14-15H,12-13H2,1-3H3,(H,23,25)(H,24,26)/t15-/m0/s1. The van der Waals surface area contributed by atoms with E-state index in [1.165, 1.54) is 29.8 Å². The molecule has 0 heterocycles. The van der Waals surface area contributed by atoms with Gasteiger partial charge in [-0.1, -0.05) is 32.9 Å². The lowest BCUT2D eigenvalue weighted by Crippen LogP contribution is -2.20. The lowest BCUT2D eigenvalue weighted by molar-refractivity contribution is -0.118. The topological polar surface area (TPSA) is 58.2 Å². The van der Waals surface area contributed by atoms with E-state index in [4.69, 9.17) is 0 Å². The van der Waals surface area contributed by atoms with Crippen LogP contribution in [-0.4, -0.2) is 11.8 Å². The van der Waals surface area contributed by atoms with Crippen molar-refractivity contribution in [2.45, 2.75) is 39.5 Å². The number of nitrogens with one attached hydrogen (secondary N) is 2. The zero-order chi connectivity index (χ0) is 19.1. The number of hydrogen-bond donors (Lipinski definition) is 2. The second-order valence-corrected chi connectivity index (χ2v) is 6.89. The smallest absolute Gasteiger partial charge is 0.224 e. The third-order valence-electron chi connectivity index (χ3n) is 4.06. The van der Waals surface area contributed by atoms with Crippen LogP contribution in [0.15, 0.2) is 48.5 Å². The van der Waals surface area contributed by atoms with Gasteiger partial charge >= 0.3 is 0 Å². The third-order valence-corrected chi connectivity index (χ3v) is 4.06. The Bertz CT molecular complexity index is 740. The van der Waals surface area contributed by atoms with Gasteiger partial charge in [0.15, 0.2) is 0 Å². The lowest BCUT2D eigenvalue weighted by atomic mass is 10.0. The zero-order valence-corrected chi connectivity index (χ0v) is 15.4. The number of hydrogen-bond acceptors (Lipinski definition) is 2. The Balaban J connectivity index is 1.78. The normalized spacial score (nSPS) is 11.9. The summed E-state index contributed by atoms with van der Waals surface area (Å²) in [6, 6.07) is 13.4. The number of carbonyl (C=O) groups is 2. The molecule has 26 heavy (non-hydrogen) atoms. The minimum absolute atomic E-state index is 0.106. The van der Waals surface area contributed by atoms with E-state index in [1.54, 1.807) is 0 Å². The molecule has 0 saturated carbocycles. The largest absolute Gasteiger partial charge is 0.326 e. The Morgan fingerprint density at radius 3 is 1.65 bits per heavy atom. The van der Waals surface area contributed by atoms with Crippen LogP contribution in [-0.2, 0) is 9.59 Å². The van der Waals surface area contributed by atoms with E-state index in [9.17, 15) is 14.0 Å². The van der Waals surface area contributed by atoms with Gasteiger partial charge in [0.25, 0.3) is 0 Å². The van der Waals surface area contributed by atoms with Crippen molar-refractivity contribution >= 4 is 23.2 Å². The molecular formula is C21H25FN2O2. The van der Waals surface area contributed by atoms with Crippen molar-refractivity contribution in [3.05, 3.63) is 59.9 Å². The van der Waals surface area contributed by atoms with Crippen LogP contribution < -0.4 is 10.6 Å². The van der Waals surface area contributed by atoms with Crippen molar-refractivity contribution in [3.8, 4) is 0 Å². The van der Waals surface area contributed by atoms with Crippen molar-refractivity contribution in [2.75, 3.05) is 10.6 Å². The van der Waals surface area contributed by atoms with Gasteiger partial charge in [-0.2, -0.15) is 0 Å². The SMILES string of the molecule is CC(C)c1ccc(NC(=O)C[C@H](C)CC(=O)Nc2ccc(F)cc2)cc1. The Morgan fingerprint density at radius 1 is 0.808 bits per heavy atom. The van der Waals surface area contributed by atoms with Gasteiger partial charge in [-0.25, -0.2) is 4.39 Å². The monoisotopic (exact) mass is 356 g/mol. The van der Waals surface area contributed by atoms with Crippen LogP contribution in [0.1, 0.15) is 45.1 Å². The summed E-state index contributed by atoms with van der Waals surface area (Å²) in [5.41, 5.74) is 2.51. The molecule has 2 aromatic rings. The van der Waals surface area contributed by atoms with E-state index in [-0.39, 0.29) is 36.4 Å². The summed E-state index contributed by atoms with van der Waals surface area (Å²) in [4.78, 5) is 24.1. The van der Waals surface area contributed by atoms with Gasteiger partial charge in [0.2, 0.25) is 11.8 Å². The molecule has 0 unspecified atom stereocenters. The van der Waals surface area contributed by atoms with Crippen molar-refractivity contribution in [1.82, 2.24) is 0 Å². The highest BCUT2D eigenvalue weighted by atomic mass is 19.1. The predicted molar refractivity (Wildman–Crippen MR) is 103 cm³/mol. The highest BCUT2D eigenvalue weighted by molar-refractivity contribution is 5.93. The van der Waals surface area contributed by atoms with E-state index in [1.807, 2.05) is 31.2 Å². The molecular weight excluding hydrogens is 331 g/mol. The molecule has 0 radical (unpaired) electrons. The van der Waals surface area contributed by atoms with Gasteiger partial charge in [0, 0.05) is 24.2 Å². The highest BCUT2D eigenvalue weighted by Gasteiger charge is 2.14. The van der Waals surface area contributed by atoms with Crippen molar-refractivity contribution in [2.24, 2.45) is 5.92 Å². The summed E-state index contributed by atoms with van der Waals surface area (Å²) in [6.07, 6.45) is 0.472. The minimum atomic E-state index is -0.352. The fourth-order valence-corrected chi connectivity index (χ4v) is 2.61. The Labute approximate surface area is 153 Å². The first-order chi connectivity index (χ1) is 12.3. The summed E-state index contributed by atoms with van der Waals surface area (Å²) in [5.74, 6) is -0.332. The van der Waals surface area contributed by atoms with Crippen molar-refractivity contribution in [3.63, 3.8) is 0 Å². The first-order valence-corrected chi connectivity index (χ1v) is 8.78. The number of anilines is 2. The number of benzene rings is 2. The summed E-state index contributed by atoms with van der Waals surface area (Å²) in [7, 11) is 0. The lowest BCUT2D eigenvalue weighted by Gasteiger charge is -2.13. The average molecular weight is 356 g/mol. The Morgan fingerprint density at radius 2 is 1.23 bits per heavy atom. The molecule has 138 valence electrons. The van der Waals surface area contributed by atoms with Gasteiger partial charge in [-0.05, 0) is 53.8 Å². The first kappa shape index (κ1) is 19.6. The highest BCUT2D eigenvalue weighted by Crippen LogP contribution is 2.18. The van der Waals surface area contributed by atoms with E-state index >= 15 is 0 Å². The van der Waals surface area contributed by atoms with Gasteiger partial charge in [0.05, 0.1) is 0 Å². The molecule has 5 heteroatoms. The molecule has 0 aliphatic heterocycles. The maximum Gasteiger partial charge on any atom is 0.224 e. The molecule has 2 amide bonds. The van der Waals surface area contributed by atoms with Crippen LogP contribution in [0.3, 0.4) is 0 Å². The molecule has 4 nitrogen and oxygen atoms in total. The molecule has 0 bridgehead atoms. The number of amides is 2. The van der Waals surface area contributed by atoms with Gasteiger partial charge < -0.3 is 10.6 Å². The third kappa shape index (κ3) is 6.31. The number of carbonyl (C=O) groups excluding carboxylic acids is 2. The zero-order valence-electron chi connectivity index (χ0n) is 15.4. The molecule has 0 spiro atoms. The van der Waals surface area contributed by atoms with Crippen LogP contribution in [0.5, 0.6) is 0 Å². The van der Waals surface area contributed by atoms with Gasteiger partial charge in [0.1, 0.15) is 5.82 Å². The van der Waals surface area contributed by atoms with E-state index < -0.39 is 0 Å². The fourth-order valence-electron chi connectivity index (χ4n) is 2.61. The van der Waals surface area contributed by atoms with Crippen LogP contribution in [0.25, 0.3) is 0 Å². The minimum Gasteiger partial charge on any atom is -0.326 e. The maximum atomic E-state index is 12.9. The Kier molecular flexibility index (Phi) is 6.89. The second kappa shape index (κ2) is 9.13. The number of halogens is 1. The molecule has 0 aliphatic rings. The number of rotatable bonds is 7. The van der Waals surface area contributed by atoms with Crippen LogP contribution in [0, 0.1) is 11.7 Å². The molecule has 2 N–H and O–H groups in total. The van der Waals surface area contributed by atoms with Gasteiger partial charge in [-0.3, -0.25) is 9.59 Å². The molecule has 0 aromatic heterocycles. The molecule has 1 atom stereocenters. The maximum absolute atomic E-state index is 12.9. The molecule has 2 rings (SSSR count). The van der Waals surface area contributed by atoms with Crippen LogP contribution in [0.4, 0.5) is 15.8 Å². The fraction of sp³-hybridized carbons (Fsp3) is 0.333. The van der Waals surface area contributed by atoms with Gasteiger partial charge in [-0.15, -0.1) is 0 Å². The summed E-state index contributed by atoms with van der Waals surface area (Å²) in [6.45, 7) is 6.09. The van der Waals surface area contributed by atoms with E-state index in [2.05, 4.69) is 24.5 Å². The molecule has 0 fully saturated rings. The first-order valence-electron chi connectivity index (χ1n) is 8.78. The molecule has 0 saturated heterocycles. The van der Waals surface area contributed by atoms with Crippen LogP contribution in [0.2, 0.25) is 0 Å². The second-order valence-electron chi connectivity index (χ2n) is 6.89. The van der Waals surface area contributed by atoms with E-state index in [0.29, 0.717) is 11.6 Å². The molecule has 0 aliphatic carbocycles. The summed E-state index contributed by atoms with van der Waals surface area (Å²) < 4.78 is 12.9. The molecule has 2 aromatic carbocycles. The van der Waals surface area contributed by atoms with E-state index in [0.717, 1.165) is 5.69 Å². The summed E-state index contributed by atoms with van der Waals surface area (Å²) >= 11 is 0. The average Bonchev–Trinajstić information content (AvgIpc) is 2.57. The van der Waals surface area contributed by atoms with Crippen molar-refractivity contribution < 1.29 is 14.0 Å². The quantitative estimate of drug-likeness (QED) is 0.738.